The van der Waals surface area contributed by atoms with Gasteiger partial charge in [-0.1, -0.05) is 42.5 Å². The van der Waals surface area contributed by atoms with Gasteiger partial charge in [0.2, 0.25) is 0 Å². The van der Waals surface area contributed by atoms with Crippen LogP contribution in [0.4, 0.5) is 5.69 Å². The molecule has 5 heteroatoms. The van der Waals surface area contributed by atoms with Gasteiger partial charge in [-0.3, -0.25) is 0 Å². The molecule has 0 aromatic heterocycles. The molecular weight excluding hydrogens is 356 g/mol. The summed E-state index contributed by atoms with van der Waals surface area (Å²) in [4.78, 5) is 0. The Balaban J connectivity index is 1.45. The topological polar surface area (TPSA) is 42.5 Å². The Morgan fingerprint density at radius 3 is 2.15 bits per heavy atom. The molecule has 0 radical (unpaired) electrons. The van der Waals surface area contributed by atoms with Crippen LogP contribution < -0.4 is 20.1 Å². The van der Waals surface area contributed by atoms with Crippen LogP contribution in [-0.2, 0) is 13.2 Å². The van der Waals surface area contributed by atoms with Crippen LogP contribution in [0, 0.1) is 0 Å². The summed E-state index contributed by atoms with van der Waals surface area (Å²) in [5.41, 5.74) is 3.18. The second-order valence-corrected chi connectivity index (χ2v) is 6.36. The summed E-state index contributed by atoms with van der Waals surface area (Å²) < 4.78 is 10.9. The lowest BCUT2D eigenvalue weighted by molar-refractivity contribution is 0.306. The van der Waals surface area contributed by atoms with Gasteiger partial charge in [-0.05, 0) is 59.7 Å². The summed E-state index contributed by atoms with van der Waals surface area (Å²) in [6, 6.07) is 25.7. The summed E-state index contributed by atoms with van der Waals surface area (Å²) in [6.45, 7) is 1.20. The highest BCUT2D eigenvalue weighted by Crippen LogP contribution is 2.17. The summed E-state index contributed by atoms with van der Waals surface area (Å²) >= 11 is 5.35. The maximum Gasteiger partial charge on any atom is 0.171 e. The molecule has 0 aliphatic heterocycles. The fraction of sp³-hybridized carbons (Fsp3) is 0.136. The zero-order chi connectivity index (χ0) is 18.9. The van der Waals surface area contributed by atoms with Crippen LogP contribution in [-0.4, -0.2) is 12.2 Å². The SMILES string of the molecule is COc1ccc(CNC(=S)Nc2ccc(OCc3ccccc3)cc2)cc1. The molecule has 0 unspecified atom stereocenters. The molecule has 0 atom stereocenters. The second kappa shape index (κ2) is 9.59. The van der Waals surface area contributed by atoms with Crippen LogP contribution in [0.25, 0.3) is 0 Å². The smallest absolute Gasteiger partial charge is 0.171 e. The van der Waals surface area contributed by atoms with Crippen LogP contribution in [0.1, 0.15) is 11.1 Å². The Morgan fingerprint density at radius 2 is 1.48 bits per heavy atom. The molecule has 0 saturated heterocycles. The Morgan fingerprint density at radius 1 is 0.815 bits per heavy atom. The van der Waals surface area contributed by atoms with E-state index in [1.54, 1.807) is 7.11 Å². The van der Waals surface area contributed by atoms with Gasteiger partial charge in [0, 0.05) is 12.2 Å². The average molecular weight is 378 g/mol. The van der Waals surface area contributed by atoms with Crippen LogP contribution in [0.3, 0.4) is 0 Å². The highest BCUT2D eigenvalue weighted by atomic mass is 32.1. The molecule has 138 valence electrons. The fourth-order valence-electron chi connectivity index (χ4n) is 2.48. The van der Waals surface area contributed by atoms with Crippen molar-refractivity contribution in [1.82, 2.24) is 5.32 Å². The number of nitrogens with one attached hydrogen (secondary N) is 2. The zero-order valence-corrected chi connectivity index (χ0v) is 16.0. The number of ether oxygens (including phenoxy) is 2. The van der Waals surface area contributed by atoms with E-state index in [4.69, 9.17) is 21.7 Å². The molecule has 4 nitrogen and oxygen atoms in total. The zero-order valence-electron chi connectivity index (χ0n) is 15.1. The maximum atomic E-state index is 5.79. The molecule has 0 spiro atoms. The van der Waals surface area contributed by atoms with Crippen molar-refractivity contribution in [2.75, 3.05) is 12.4 Å². The van der Waals surface area contributed by atoms with E-state index in [2.05, 4.69) is 10.6 Å². The van der Waals surface area contributed by atoms with Gasteiger partial charge in [0.25, 0.3) is 0 Å². The summed E-state index contributed by atoms with van der Waals surface area (Å²) in [5.74, 6) is 1.66. The quantitative estimate of drug-likeness (QED) is 0.580. The average Bonchev–Trinajstić information content (AvgIpc) is 2.73. The van der Waals surface area contributed by atoms with Crippen LogP contribution >= 0.6 is 12.2 Å². The number of hydrogen-bond donors (Lipinski definition) is 2. The molecule has 3 rings (SSSR count). The Hall–Kier alpha value is -3.05. The van der Waals surface area contributed by atoms with E-state index in [1.165, 1.54) is 0 Å². The normalized spacial score (nSPS) is 10.1. The van der Waals surface area contributed by atoms with Crippen molar-refractivity contribution >= 4 is 23.0 Å². The minimum Gasteiger partial charge on any atom is -0.497 e. The first-order valence-corrected chi connectivity index (χ1v) is 9.08. The Labute approximate surface area is 165 Å². The van der Waals surface area contributed by atoms with Gasteiger partial charge in [-0.2, -0.15) is 0 Å². The highest BCUT2D eigenvalue weighted by molar-refractivity contribution is 7.80. The lowest BCUT2D eigenvalue weighted by atomic mass is 10.2. The number of anilines is 1. The van der Waals surface area contributed by atoms with Crippen molar-refractivity contribution in [3.05, 3.63) is 90.0 Å². The molecule has 0 bridgehead atoms. The van der Waals surface area contributed by atoms with Gasteiger partial charge in [0.1, 0.15) is 18.1 Å². The van der Waals surface area contributed by atoms with Gasteiger partial charge in [0.05, 0.1) is 7.11 Å². The van der Waals surface area contributed by atoms with Crippen LogP contribution in [0.5, 0.6) is 11.5 Å². The number of benzene rings is 3. The molecule has 2 N–H and O–H groups in total. The van der Waals surface area contributed by atoms with Gasteiger partial charge in [-0.25, -0.2) is 0 Å². The first-order chi connectivity index (χ1) is 13.2. The lowest BCUT2D eigenvalue weighted by Gasteiger charge is -2.12. The molecule has 0 amide bonds. The van der Waals surface area contributed by atoms with E-state index >= 15 is 0 Å². The largest absolute Gasteiger partial charge is 0.497 e. The van der Waals surface area contributed by atoms with Crippen molar-refractivity contribution in [1.29, 1.82) is 0 Å². The number of hydrogen-bond acceptors (Lipinski definition) is 3. The number of methoxy groups -OCH3 is 1. The first-order valence-electron chi connectivity index (χ1n) is 8.67. The molecule has 3 aromatic carbocycles. The van der Waals surface area contributed by atoms with E-state index in [0.717, 1.165) is 28.3 Å². The minimum absolute atomic E-state index is 0.551. The molecule has 0 saturated carbocycles. The monoisotopic (exact) mass is 378 g/mol. The summed E-state index contributed by atoms with van der Waals surface area (Å²) in [7, 11) is 1.66. The van der Waals surface area contributed by atoms with Gasteiger partial charge < -0.3 is 20.1 Å². The molecule has 0 fully saturated rings. The maximum absolute atomic E-state index is 5.79. The predicted octanol–water partition coefficient (Wildman–Crippen LogP) is 4.76. The molecule has 3 aromatic rings. The standard InChI is InChI=1S/C22H22N2O2S/c1-25-20-11-7-17(8-12-20)15-23-22(27)24-19-9-13-21(14-10-19)26-16-18-5-3-2-4-6-18/h2-14H,15-16H2,1H3,(H2,23,24,27). The van der Waals surface area contributed by atoms with Crippen LogP contribution in [0.2, 0.25) is 0 Å². The molecule has 0 aliphatic carbocycles. The van der Waals surface area contributed by atoms with E-state index in [0.29, 0.717) is 18.3 Å². The van der Waals surface area contributed by atoms with E-state index < -0.39 is 0 Å². The third-order valence-electron chi connectivity index (χ3n) is 3.97. The lowest BCUT2D eigenvalue weighted by Crippen LogP contribution is -2.27. The van der Waals surface area contributed by atoms with E-state index in [1.807, 2.05) is 78.9 Å². The minimum atomic E-state index is 0.551. The van der Waals surface area contributed by atoms with Crippen molar-refractivity contribution in [2.45, 2.75) is 13.2 Å². The van der Waals surface area contributed by atoms with Crippen molar-refractivity contribution in [3.63, 3.8) is 0 Å². The van der Waals surface area contributed by atoms with E-state index in [-0.39, 0.29) is 0 Å². The fourth-order valence-corrected chi connectivity index (χ4v) is 2.67. The van der Waals surface area contributed by atoms with Gasteiger partial charge in [0.15, 0.2) is 5.11 Å². The van der Waals surface area contributed by atoms with Crippen molar-refractivity contribution in [2.24, 2.45) is 0 Å². The predicted molar refractivity (Wildman–Crippen MR) is 113 cm³/mol. The molecule has 0 heterocycles. The third kappa shape index (κ3) is 6.01. The summed E-state index contributed by atoms with van der Waals surface area (Å²) in [6.07, 6.45) is 0. The second-order valence-electron chi connectivity index (χ2n) is 5.95. The van der Waals surface area contributed by atoms with Crippen molar-refractivity contribution < 1.29 is 9.47 Å². The summed E-state index contributed by atoms with van der Waals surface area (Å²) in [5, 5.41) is 6.94. The molecule has 0 aliphatic rings. The van der Waals surface area contributed by atoms with Crippen molar-refractivity contribution in [3.8, 4) is 11.5 Å². The number of rotatable bonds is 7. The Bertz CT molecular complexity index is 850. The highest BCUT2D eigenvalue weighted by Gasteiger charge is 2.01. The first kappa shape index (κ1) is 18.7. The number of thiocarbonyl (C=S) groups is 1. The molecular formula is C22H22N2O2S. The third-order valence-corrected chi connectivity index (χ3v) is 4.22. The molecule has 27 heavy (non-hydrogen) atoms. The van der Waals surface area contributed by atoms with Gasteiger partial charge >= 0.3 is 0 Å². The van der Waals surface area contributed by atoms with Crippen LogP contribution in [0.15, 0.2) is 78.9 Å². The van der Waals surface area contributed by atoms with E-state index in [9.17, 15) is 0 Å². The van der Waals surface area contributed by atoms with Gasteiger partial charge in [-0.15, -0.1) is 0 Å². The Kier molecular flexibility index (Phi) is 6.66.